The van der Waals surface area contributed by atoms with Crippen LogP contribution >= 0.6 is 0 Å². The Bertz CT molecular complexity index is 590. The van der Waals surface area contributed by atoms with Gasteiger partial charge in [-0.2, -0.15) is 0 Å². The molecule has 0 aromatic rings. The number of terminal acetylenes is 1. The molecule has 0 spiro atoms. The Labute approximate surface area is 154 Å². The van der Waals surface area contributed by atoms with Crippen LogP contribution in [0.15, 0.2) is 12.2 Å². The molecule has 142 valence electrons. The van der Waals surface area contributed by atoms with Crippen LogP contribution in [0.5, 0.6) is 0 Å². The zero-order valence-corrected chi connectivity index (χ0v) is 14.9. The van der Waals surface area contributed by atoms with Crippen LogP contribution in [-0.2, 0) is 14.4 Å². The fraction of sp³-hybridized carbons (Fsp3) is 0.632. The number of nitrogens with one attached hydrogen (secondary N) is 2. The minimum atomic E-state index is -1.13. The number of piperidine rings is 2. The molecule has 0 saturated carbocycles. The molecule has 2 rings (SSSR count). The lowest BCUT2D eigenvalue weighted by molar-refractivity contribution is -0.139. The third-order valence-electron chi connectivity index (χ3n) is 4.98. The van der Waals surface area contributed by atoms with Gasteiger partial charge in [-0.1, -0.05) is 12.0 Å². The molecule has 0 radical (unpaired) electrons. The third kappa shape index (κ3) is 5.88. The molecule has 2 aliphatic rings. The van der Waals surface area contributed by atoms with Crippen LogP contribution in [0.1, 0.15) is 25.7 Å². The van der Waals surface area contributed by atoms with E-state index in [4.69, 9.17) is 11.5 Å². The molecule has 1 unspecified atom stereocenters. The van der Waals surface area contributed by atoms with Crippen molar-refractivity contribution in [3.8, 4) is 12.3 Å². The molecule has 7 heteroatoms. The Morgan fingerprint density at radius 3 is 2.69 bits per heavy atom. The van der Waals surface area contributed by atoms with Gasteiger partial charge >= 0.3 is 5.97 Å². The van der Waals surface area contributed by atoms with E-state index >= 15 is 0 Å². The molecule has 2 aliphatic heterocycles. The second-order valence-electron chi connectivity index (χ2n) is 6.87. The van der Waals surface area contributed by atoms with Gasteiger partial charge in [0.15, 0.2) is 0 Å². The highest BCUT2D eigenvalue weighted by Gasteiger charge is 2.28. The van der Waals surface area contributed by atoms with Crippen LogP contribution in [-0.4, -0.2) is 60.5 Å². The van der Waals surface area contributed by atoms with Gasteiger partial charge in [0.25, 0.3) is 0 Å². The fourth-order valence-corrected chi connectivity index (χ4v) is 3.32. The fourth-order valence-electron chi connectivity index (χ4n) is 3.32. The second kappa shape index (κ2) is 9.97. The number of allylic oxidation sites excluding steroid dienone is 1. The number of hydrogen-bond acceptors (Lipinski definition) is 4. The molecule has 0 bridgehead atoms. The number of rotatable bonds is 6. The van der Waals surface area contributed by atoms with E-state index < -0.39 is 11.9 Å². The first kappa shape index (κ1) is 20.0. The monoisotopic (exact) mass is 361 g/mol. The zero-order chi connectivity index (χ0) is 18.9. The van der Waals surface area contributed by atoms with Crippen molar-refractivity contribution >= 4 is 17.8 Å². The summed E-state index contributed by atoms with van der Waals surface area (Å²) in [6.07, 6.45) is 12.3. The van der Waals surface area contributed by atoms with Crippen molar-refractivity contribution < 1.29 is 19.5 Å². The summed E-state index contributed by atoms with van der Waals surface area (Å²) in [6.45, 7) is 2.86. The highest BCUT2D eigenvalue weighted by molar-refractivity contribution is 5.88. The van der Waals surface area contributed by atoms with E-state index in [-0.39, 0.29) is 24.3 Å². The molecule has 2 fully saturated rings. The third-order valence-corrected chi connectivity index (χ3v) is 4.98. The summed E-state index contributed by atoms with van der Waals surface area (Å²) in [5.41, 5.74) is 0. The Hall–Kier alpha value is -2.33. The smallest absolute Gasteiger partial charge is 0.320 e. The highest BCUT2D eigenvalue weighted by atomic mass is 16.4. The molecule has 0 aliphatic carbocycles. The molecule has 2 amide bonds. The van der Waals surface area contributed by atoms with Gasteiger partial charge in [0.05, 0.1) is 5.92 Å². The summed E-state index contributed by atoms with van der Waals surface area (Å²) >= 11 is 0. The van der Waals surface area contributed by atoms with Gasteiger partial charge in [0.2, 0.25) is 11.8 Å². The van der Waals surface area contributed by atoms with E-state index in [0.29, 0.717) is 25.4 Å². The van der Waals surface area contributed by atoms with Crippen molar-refractivity contribution in [2.75, 3.05) is 32.7 Å². The van der Waals surface area contributed by atoms with Gasteiger partial charge in [-0.05, 0) is 50.8 Å². The number of carbonyl (C=O) groups excluding carboxylic acids is 2. The first-order chi connectivity index (χ1) is 12.5. The first-order valence-corrected chi connectivity index (χ1v) is 9.15. The van der Waals surface area contributed by atoms with E-state index in [9.17, 15) is 14.4 Å². The lowest BCUT2D eigenvalue weighted by atomic mass is 9.96. The van der Waals surface area contributed by atoms with E-state index in [1.54, 1.807) is 11.0 Å². The minimum absolute atomic E-state index is 0.0620. The van der Waals surface area contributed by atoms with Crippen molar-refractivity contribution in [1.29, 1.82) is 0 Å². The Kier molecular flexibility index (Phi) is 7.67. The van der Waals surface area contributed by atoms with Gasteiger partial charge in [-0.3, -0.25) is 14.4 Å². The number of nitrogens with zero attached hydrogens (tertiary/aromatic N) is 1. The maximum atomic E-state index is 12.4. The predicted octanol–water partition coefficient (Wildman–Crippen LogP) is 0.231. The SMILES string of the molecule is C#C[C@@H](CNC(=O)C1CCCN(C(=O)/C=C/C2CCNCC2)C1)C(=O)O. The number of carboxylic acid groups (broad SMARTS) is 1. The standard InChI is InChI=1S/C19H27N3O4/c1-2-15(19(25)26)12-21-18(24)16-4-3-11-22(13-16)17(23)6-5-14-7-9-20-10-8-14/h1,5-6,14-16,20H,3-4,7-13H2,(H,21,24)(H,25,26)/b6-5+/t15-,16?/m0/s1. The first-order valence-electron chi connectivity index (χ1n) is 9.15. The summed E-state index contributed by atoms with van der Waals surface area (Å²) < 4.78 is 0. The van der Waals surface area contributed by atoms with Crippen LogP contribution < -0.4 is 10.6 Å². The van der Waals surface area contributed by atoms with Gasteiger partial charge < -0.3 is 20.6 Å². The molecule has 2 atom stereocenters. The Morgan fingerprint density at radius 1 is 1.31 bits per heavy atom. The summed E-state index contributed by atoms with van der Waals surface area (Å²) in [6, 6.07) is 0. The molecular formula is C19H27N3O4. The van der Waals surface area contributed by atoms with Crippen LogP contribution in [0.3, 0.4) is 0 Å². The predicted molar refractivity (Wildman–Crippen MR) is 97.0 cm³/mol. The number of aliphatic carboxylic acids is 1. The minimum Gasteiger partial charge on any atom is -0.480 e. The van der Waals surface area contributed by atoms with E-state index in [1.165, 1.54) is 0 Å². The lowest BCUT2D eigenvalue weighted by Crippen LogP contribution is -2.46. The Balaban J connectivity index is 1.82. The van der Waals surface area contributed by atoms with Crippen LogP contribution in [0.4, 0.5) is 0 Å². The summed E-state index contributed by atoms with van der Waals surface area (Å²) in [5.74, 6) is -0.222. The van der Waals surface area contributed by atoms with Crippen molar-refractivity contribution in [1.82, 2.24) is 15.5 Å². The zero-order valence-electron chi connectivity index (χ0n) is 14.9. The normalized spacial score (nSPS) is 22.6. The number of hydrogen-bond donors (Lipinski definition) is 3. The van der Waals surface area contributed by atoms with E-state index in [2.05, 4.69) is 16.6 Å². The van der Waals surface area contributed by atoms with Gasteiger partial charge in [0, 0.05) is 19.6 Å². The average molecular weight is 361 g/mol. The van der Waals surface area contributed by atoms with E-state index in [0.717, 1.165) is 32.4 Å². The quantitative estimate of drug-likeness (QED) is 0.465. The topological polar surface area (TPSA) is 98.7 Å². The van der Waals surface area contributed by atoms with Crippen LogP contribution in [0.25, 0.3) is 0 Å². The molecule has 0 aromatic heterocycles. The van der Waals surface area contributed by atoms with Crippen molar-refractivity contribution in [3.05, 3.63) is 12.2 Å². The Morgan fingerprint density at radius 2 is 2.04 bits per heavy atom. The second-order valence-corrected chi connectivity index (χ2v) is 6.87. The van der Waals surface area contributed by atoms with Crippen molar-refractivity contribution in [2.24, 2.45) is 17.8 Å². The van der Waals surface area contributed by atoms with Crippen LogP contribution in [0.2, 0.25) is 0 Å². The number of carbonyl (C=O) groups is 3. The average Bonchev–Trinajstić information content (AvgIpc) is 2.67. The molecule has 2 heterocycles. The highest BCUT2D eigenvalue weighted by Crippen LogP contribution is 2.18. The van der Waals surface area contributed by atoms with Gasteiger partial charge in [-0.15, -0.1) is 6.42 Å². The van der Waals surface area contributed by atoms with Crippen LogP contribution in [0, 0.1) is 30.1 Å². The van der Waals surface area contributed by atoms with Gasteiger partial charge in [-0.25, -0.2) is 0 Å². The molecule has 3 N–H and O–H groups in total. The lowest BCUT2D eigenvalue weighted by Gasteiger charge is -2.31. The summed E-state index contributed by atoms with van der Waals surface area (Å²) in [5, 5.41) is 14.8. The summed E-state index contributed by atoms with van der Waals surface area (Å²) in [4.78, 5) is 37.3. The maximum Gasteiger partial charge on any atom is 0.320 e. The number of likely N-dealkylation sites (tertiary alicyclic amines) is 1. The molecule has 2 saturated heterocycles. The molecule has 0 aromatic carbocycles. The molecule has 26 heavy (non-hydrogen) atoms. The molecule has 7 nitrogen and oxygen atoms in total. The summed E-state index contributed by atoms with van der Waals surface area (Å²) in [7, 11) is 0. The largest absolute Gasteiger partial charge is 0.480 e. The van der Waals surface area contributed by atoms with Crippen molar-refractivity contribution in [2.45, 2.75) is 25.7 Å². The van der Waals surface area contributed by atoms with E-state index in [1.807, 2.05) is 6.08 Å². The molecular weight excluding hydrogens is 334 g/mol. The number of amides is 2. The van der Waals surface area contributed by atoms with Gasteiger partial charge in [0.1, 0.15) is 5.92 Å². The maximum absolute atomic E-state index is 12.4. The number of carboxylic acids is 1. The van der Waals surface area contributed by atoms with Crippen molar-refractivity contribution in [3.63, 3.8) is 0 Å².